The van der Waals surface area contributed by atoms with Crippen LogP contribution in [0.5, 0.6) is 0 Å². The zero-order valence-corrected chi connectivity index (χ0v) is 10.4. The summed E-state index contributed by atoms with van der Waals surface area (Å²) < 4.78 is 39.6. The third kappa shape index (κ3) is 6.10. The van der Waals surface area contributed by atoms with Crippen LogP contribution in [0.4, 0.5) is 18.9 Å². The Kier molecular flexibility index (Phi) is 5.62. The van der Waals surface area contributed by atoms with Gasteiger partial charge in [0.15, 0.2) is 0 Å². The molecule has 1 aromatic carbocycles. The number of alkyl halides is 3. The molecule has 0 unspecified atom stereocenters. The number of ether oxygens (including phenoxy) is 1. The molecule has 0 fully saturated rings. The van der Waals surface area contributed by atoms with E-state index in [9.17, 15) is 18.0 Å². The second-order valence-electron chi connectivity index (χ2n) is 3.75. The number of hydrogen-bond donors (Lipinski definition) is 2. The SMILES string of the molecule is CNc1ccc(C(=O)NCCOCC(F)(F)F)cc1. The Morgan fingerprint density at radius 2 is 1.89 bits per heavy atom. The van der Waals surface area contributed by atoms with E-state index >= 15 is 0 Å². The summed E-state index contributed by atoms with van der Waals surface area (Å²) in [6.45, 7) is -1.46. The molecule has 0 saturated heterocycles. The van der Waals surface area contributed by atoms with Crippen LogP contribution in [-0.2, 0) is 4.74 Å². The first-order valence-electron chi connectivity index (χ1n) is 5.63. The number of carbonyl (C=O) groups excluding carboxylic acids is 1. The molecule has 0 aliphatic heterocycles. The van der Waals surface area contributed by atoms with Crippen LogP contribution < -0.4 is 10.6 Å². The van der Waals surface area contributed by atoms with Gasteiger partial charge in [0.05, 0.1) is 6.61 Å². The molecule has 4 nitrogen and oxygen atoms in total. The van der Waals surface area contributed by atoms with Gasteiger partial charge in [0.25, 0.3) is 5.91 Å². The Morgan fingerprint density at radius 1 is 1.26 bits per heavy atom. The van der Waals surface area contributed by atoms with Crippen LogP contribution in [-0.4, -0.2) is 38.9 Å². The van der Waals surface area contributed by atoms with Crippen molar-refractivity contribution in [3.05, 3.63) is 29.8 Å². The zero-order chi connectivity index (χ0) is 14.3. The van der Waals surface area contributed by atoms with E-state index in [1.165, 1.54) is 0 Å². The smallest absolute Gasteiger partial charge is 0.388 e. The number of nitrogens with one attached hydrogen (secondary N) is 2. The maximum absolute atomic E-state index is 11.8. The molecule has 0 aromatic heterocycles. The monoisotopic (exact) mass is 276 g/mol. The van der Waals surface area contributed by atoms with E-state index < -0.39 is 12.8 Å². The van der Waals surface area contributed by atoms with E-state index in [4.69, 9.17) is 0 Å². The molecule has 1 aromatic rings. The zero-order valence-electron chi connectivity index (χ0n) is 10.4. The molecule has 2 N–H and O–H groups in total. The molecule has 0 atom stereocenters. The number of halogens is 3. The summed E-state index contributed by atoms with van der Waals surface area (Å²) in [5.74, 6) is -0.349. The summed E-state index contributed by atoms with van der Waals surface area (Å²) in [6, 6.07) is 6.71. The van der Waals surface area contributed by atoms with Crippen molar-refractivity contribution in [1.29, 1.82) is 0 Å². The van der Waals surface area contributed by atoms with Gasteiger partial charge in [-0.1, -0.05) is 0 Å². The van der Waals surface area contributed by atoms with Crippen LogP contribution in [0, 0.1) is 0 Å². The quantitative estimate of drug-likeness (QED) is 0.782. The lowest BCUT2D eigenvalue weighted by Gasteiger charge is -2.09. The summed E-state index contributed by atoms with van der Waals surface area (Å²) >= 11 is 0. The largest absolute Gasteiger partial charge is 0.411 e. The third-order valence-electron chi connectivity index (χ3n) is 2.23. The minimum absolute atomic E-state index is 0.0304. The second-order valence-corrected chi connectivity index (χ2v) is 3.75. The van der Waals surface area contributed by atoms with E-state index in [-0.39, 0.29) is 19.1 Å². The van der Waals surface area contributed by atoms with Crippen molar-refractivity contribution in [1.82, 2.24) is 5.32 Å². The first-order chi connectivity index (χ1) is 8.92. The van der Waals surface area contributed by atoms with Crippen LogP contribution in [0.25, 0.3) is 0 Å². The summed E-state index contributed by atoms with van der Waals surface area (Å²) in [5.41, 5.74) is 1.31. The molecule has 1 rings (SSSR count). The molecule has 0 saturated carbocycles. The van der Waals surface area contributed by atoms with Crippen molar-refractivity contribution in [3.63, 3.8) is 0 Å². The molecule has 7 heteroatoms. The Hall–Kier alpha value is -1.76. The standard InChI is InChI=1S/C12H15F3N2O2/c1-16-10-4-2-9(3-5-10)11(18)17-6-7-19-8-12(13,14)15/h2-5,16H,6-8H2,1H3,(H,17,18). The summed E-state index contributed by atoms with van der Waals surface area (Å²) in [5, 5.41) is 5.38. The van der Waals surface area contributed by atoms with Gasteiger partial charge in [0, 0.05) is 24.8 Å². The van der Waals surface area contributed by atoms with E-state index in [2.05, 4.69) is 15.4 Å². The molecule has 0 bridgehead atoms. The van der Waals surface area contributed by atoms with Crippen molar-refractivity contribution in [2.45, 2.75) is 6.18 Å². The normalized spacial score (nSPS) is 11.2. The molecular weight excluding hydrogens is 261 g/mol. The van der Waals surface area contributed by atoms with Crippen molar-refractivity contribution < 1.29 is 22.7 Å². The fourth-order valence-electron chi connectivity index (χ4n) is 1.31. The first-order valence-corrected chi connectivity index (χ1v) is 5.63. The second kappa shape index (κ2) is 6.98. The molecule has 0 radical (unpaired) electrons. The van der Waals surface area contributed by atoms with Gasteiger partial charge in [-0.2, -0.15) is 13.2 Å². The maximum Gasteiger partial charge on any atom is 0.411 e. The molecule has 0 spiro atoms. The van der Waals surface area contributed by atoms with E-state index in [1.807, 2.05) is 0 Å². The Labute approximate surface area is 108 Å². The fourth-order valence-corrected chi connectivity index (χ4v) is 1.31. The highest BCUT2D eigenvalue weighted by atomic mass is 19.4. The van der Waals surface area contributed by atoms with E-state index in [0.29, 0.717) is 5.56 Å². The minimum Gasteiger partial charge on any atom is -0.388 e. The molecule has 0 aliphatic rings. The highest BCUT2D eigenvalue weighted by Crippen LogP contribution is 2.14. The van der Waals surface area contributed by atoms with Gasteiger partial charge in [-0.3, -0.25) is 4.79 Å². The van der Waals surface area contributed by atoms with Crippen molar-refractivity contribution in [2.75, 3.05) is 32.1 Å². The van der Waals surface area contributed by atoms with Crippen LogP contribution in [0.1, 0.15) is 10.4 Å². The van der Waals surface area contributed by atoms with Crippen molar-refractivity contribution in [3.8, 4) is 0 Å². The molecule has 19 heavy (non-hydrogen) atoms. The van der Waals surface area contributed by atoms with Gasteiger partial charge < -0.3 is 15.4 Å². The molecular formula is C12H15F3N2O2. The lowest BCUT2D eigenvalue weighted by molar-refractivity contribution is -0.173. The highest BCUT2D eigenvalue weighted by molar-refractivity contribution is 5.94. The maximum atomic E-state index is 11.8. The van der Waals surface area contributed by atoms with Gasteiger partial charge >= 0.3 is 6.18 Å². The topological polar surface area (TPSA) is 50.4 Å². The summed E-state index contributed by atoms with van der Waals surface area (Å²) in [7, 11) is 1.76. The first kappa shape index (κ1) is 15.3. The van der Waals surface area contributed by atoms with Crippen LogP contribution in [0.3, 0.4) is 0 Å². The van der Waals surface area contributed by atoms with Gasteiger partial charge in [0.1, 0.15) is 6.61 Å². The lowest BCUT2D eigenvalue weighted by atomic mass is 10.2. The molecule has 0 aliphatic carbocycles. The Balaban J connectivity index is 2.27. The molecule has 106 valence electrons. The van der Waals surface area contributed by atoms with Gasteiger partial charge in [-0.15, -0.1) is 0 Å². The molecule has 0 heterocycles. The number of benzene rings is 1. The van der Waals surface area contributed by atoms with Gasteiger partial charge in [-0.05, 0) is 24.3 Å². The number of amides is 1. The average molecular weight is 276 g/mol. The van der Waals surface area contributed by atoms with Gasteiger partial charge in [0.2, 0.25) is 0 Å². The number of anilines is 1. The van der Waals surface area contributed by atoms with E-state index in [0.717, 1.165) is 5.69 Å². The van der Waals surface area contributed by atoms with Crippen molar-refractivity contribution in [2.24, 2.45) is 0 Å². The Bertz CT molecular complexity index is 404. The number of hydrogen-bond acceptors (Lipinski definition) is 3. The van der Waals surface area contributed by atoms with Crippen LogP contribution in [0.15, 0.2) is 24.3 Å². The predicted octanol–water partition coefficient (Wildman–Crippen LogP) is 2.04. The lowest BCUT2D eigenvalue weighted by Crippen LogP contribution is -2.28. The number of carbonyl (C=O) groups is 1. The summed E-state index contributed by atoms with van der Waals surface area (Å²) in [4.78, 5) is 11.6. The van der Waals surface area contributed by atoms with Crippen LogP contribution in [0.2, 0.25) is 0 Å². The fraction of sp³-hybridized carbons (Fsp3) is 0.417. The van der Waals surface area contributed by atoms with Gasteiger partial charge in [-0.25, -0.2) is 0 Å². The highest BCUT2D eigenvalue weighted by Gasteiger charge is 2.27. The molecule has 1 amide bonds. The van der Waals surface area contributed by atoms with Crippen LogP contribution >= 0.6 is 0 Å². The predicted molar refractivity (Wildman–Crippen MR) is 65.2 cm³/mol. The number of rotatable bonds is 6. The van der Waals surface area contributed by atoms with E-state index in [1.54, 1.807) is 31.3 Å². The summed E-state index contributed by atoms with van der Waals surface area (Å²) in [6.07, 6.45) is -4.34. The van der Waals surface area contributed by atoms with Crippen molar-refractivity contribution >= 4 is 11.6 Å². The average Bonchev–Trinajstić information content (AvgIpc) is 2.37. The third-order valence-corrected chi connectivity index (χ3v) is 2.23. The minimum atomic E-state index is -4.34. The Morgan fingerprint density at radius 3 is 2.42 bits per heavy atom.